The van der Waals surface area contributed by atoms with E-state index in [4.69, 9.17) is 17.3 Å². The monoisotopic (exact) mass is 192 g/mol. The van der Waals surface area contributed by atoms with Gasteiger partial charge in [-0.3, -0.25) is 0 Å². The van der Waals surface area contributed by atoms with Crippen molar-refractivity contribution in [3.8, 4) is 0 Å². The van der Waals surface area contributed by atoms with Gasteiger partial charge in [0.25, 0.3) is 0 Å². The van der Waals surface area contributed by atoms with Crippen LogP contribution in [0.3, 0.4) is 0 Å². The van der Waals surface area contributed by atoms with Crippen LogP contribution in [-0.2, 0) is 0 Å². The Balaban J connectivity index is 2.89. The first-order chi connectivity index (χ1) is 6.18. The molecule has 66 valence electrons. The summed E-state index contributed by atoms with van der Waals surface area (Å²) in [5, 5.41) is 1.79. The lowest BCUT2D eigenvalue weighted by atomic mass is 10.1. The minimum absolute atomic E-state index is 0.526. The molecule has 0 amide bonds. The van der Waals surface area contributed by atoms with E-state index >= 15 is 0 Å². The Bertz CT molecular complexity index is 460. The molecule has 0 aliphatic heterocycles. The van der Waals surface area contributed by atoms with Gasteiger partial charge < -0.3 is 5.73 Å². The number of nitrogens with zero attached hydrogens (tertiary/aromatic N) is 1. The zero-order valence-electron chi connectivity index (χ0n) is 7.21. The van der Waals surface area contributed by atoms with Gasteiger partial charge in [0, 0.05) is 10.4 Å². The van der Waals surface area contributed by atoms with Crippen molar-refractivity contribution >= 4 is 28.3 Å². The molecule has 1 aromatic heterocycles. The maximum atomic E-state index is 5.96. The highest BCUT2D eigenvalue weighted by Gasteiger charge is 2.02. The molecule has 2 aromatic rings. The predicted octanol–water partition coefficient (Wildman–Crippen LogP) is 2.78. The highest BCUT2D eigenvalue weighted by Crippen LogP contribution is 2.24. The number of aryl methyl sites for hydroxylation is 1. The number of hydrogen-bond acceptors (Lipinski definition) is 2. The maximum absolute atomic E-state index is 5.96. The van der Waals surface area contributed by atoms with Crippen LogP contribution in [0.15, 0.2) is 24.3 Å². The van der Waals surface area contributed by atoms with E-state index in [1.165, 1.54) is 0 Å². The largest absolute Gasteiger partial charge is 0.384 e. The summed E-state index contributed by atoms with van der Waals surface area (Å²) in [6.45, 7) is 1.94. The summed E-state index contributed by atoms with van der Waals surface area (Å²) < 4.78 is 0. The lowest BCUT2D eigenvalue weighted by molar-refractivity contribution is 1.37. The number of benzene rings is 1. The third-order valence-electron chi connectivity index (χ3n) is 2.07. The summed E-state index contributed by atoms with van der Waals surface area (Å²) in [5.74, 6) is 0.526. The SMILES string of the molecule is Cc1c(Cl)ccc2ccc(N)nc12. The first-order valence-corrected chi connectivity index (χ1v) is 4.37. The number of nitrogen functional groups attached to an aromatic ring is 1. The van der Waals surface area contributed by atoms with Gasteiger partial charge in [0.1, 0.15) is 5.82 Å². The summed E-state index contributed by atoms with van der Waals surface area (Å²) in [7, 11) is 0. The van der Waals surface area contributed by atoms with Gasteiger partial charge in [-0.05, 0) is 30.7 Å². The van der Waals surface area contributed by atoms with Gasteiger partial charge in [0.2, 0.25) is 0 Å². The average molecular weight is 193 g/mol. The Labute approximate surface area is 81.3 Å². The van der Waals surface area contributed by atoms with Crippen molar-refractivity contribution in [3.63, 3.8) is 0 Å². The lowest BCUT2D eigenvalue weighted by Crippen LogP contribution is -1.91. The molecule has 1 heterocycles. The maximum Gasteiger partial charge on any atom is 0.124 e. The second-order valence-electron chi connectivity index (χ2n) is 2.98. The average Bonchev–Trinajstić information content (AvgIpc) is 2.12. The van der Waals surface area contributed by atoms with Crippen molar-refractivity contribution in [3.05, 3.63) is 34.9 Å². The van der Waals surface area contributed by atoms with Crippen LogP contribution >= 0.6 is 11.6 Å². The third kappa shape index (κ3) is 1.33. The van der Waals surface area contributed by atoms with Crippen LogP contribution in [0, 0.1) is 6.92 Å². The predicted molar refractivity (Wildman–Crippen MR) is 55.9 cm³/mol. The number of rotatable bonds is 0. The lowest BCUT2D eigenvalue weighted by Gasteiger charge is -2.03. The molecule has 0 aliphatic carbocycles. The number of halogens is 1. The van der Waals surface area contributed by atoms with Crippen LogP contribution in [0.5, 0.6) is 0 Å². The van der Waals surface area contributed by atoms with E-state index in [9.17, 15) is 0 Å². The van der Waals surface area contributed by atoms with Gasteiger partial charge in [-0.25, -0.2) is 4.98 Å². The second-order valence-corrected chi connectivity index (χ2v) is 3.39. The van der Waals surface area contributed by atoms with Gasteiger partial charge in [0.05, 0.1) is 5.52 Å². The van der Waals surface area contributed by atoms with Crippen LogP contribution in [0.25, 0.3) is 10.9 Å². The highest BCUT2D eigenvalue weighted by atomic mass is 35.5. The topological polar surface area (TPSA) is 38.9 Å². The molecular formula is C10H9ClN2. The fraction of sp³-hybridized carbons (Fsp3) is 0.100. The minimum Gasteiger partial charge on any atom is -0.384 e. The first kappa shape index (κ1) is 8.32. The second kappa shape index (κ2) is 2.89. The molecule has 0 radical (unpaired) electrons. The molecular weight excluding hydrogens is 184 g/mol. The number of pyridine rings is 1. The number of fused-ring (bicyclic) bond motifs is 1. The molecule has 0 aliphatic rings. The smallest absolute Gasteiger partial charge is 0.124 e. The van der Waals surface area contributed by atoms with E-state index in [1.807, 2.05) is 25.1 Å². The molecule has 13 heavy (non-hydrogen) atoms. The van der Waals surface area contributed by atoms with Crippen molar-refractivity contribution in [1.29, 1.82) is 0 Å². The molecule has 1 aromatic carbocycles. The van der Waals surface area contributed by atoms with E-state index in [0.717, 1.165) is 21.5 Å². The van der Waals surface area contributed by atoms with Gasteiger partial charge in [-0.2, -0.15) is 0 Å². The Kier molecular flexibility index (Phi) is 1.85. The number of aromatic nitrogens is 1. The first-order valence-electron chi connectivity index (χ1n) is 4.00. The summed E-state index contributed by atoms with van der Waals surface area (Å²) in [6.07, 6.45) is 0. The van der Waals surface area contributed by atoms with E-state index < -0.39 is 0 Å². The Morgan fingerprint density at radius 2 is 1.92 bits per heavy atom. The van der Waals surface area contributed by atoms with Gasteiger partial charge >= 0.3 is 0 Å². The zero-order valence-corrected chi connectivity index (χ0v) is 7.97. The van der Waals surface area contributed by atoms with E-state index in [1.54, 1.807) is 6.07 Å². The van der Waals surface area contributed by atoms with Gasteiger partial charge in [0.15, 0.2) is 0 Å². The van der Waals surface area contributed by atoms with E-state index in [0.29, 0.717) is 5.82 Å². The number of hydrogen-bond donors (Lipinski definition) is 1. The number of anilines is 1. The summed E-state index contributed by atoms with van der Waals surface area (Å²) >= 11 is 5.96. The summed E-state index contributed by atoms with van der Waals surface area (Å²) in [4.78, 5) is 4.23. The Morgan fingerprint density at radius 1 is 1.23 bits per heavy atom. The normalized spacial score (nSPS) is 10.6. The van der Waals surface area contributed by atoms with Crippen LogP contribution < -0.4 is 5.73 Å². The van der Waals surface area contributed by atoms with Crippen molar-refractivity contribution < 1.29 is 0 Å². The summed E-state index contributed by atoms with van der Waals surface area (Å²) in [5.41, 5.74) is 7.45. The van der Waals surface area contributed by atoms with Gasteiger partial charge in [-0.1, -0.05) is 17.7 Å². The molecule has 0 spiro atoms. The fourth-order valence-electron chi connectivity index (χ4n) is 1.32. The number of nitrogens with two attached hydrogens (primary N) is 1. The highest BCUT2D eigenvalue weighted by molar-refractivity contribution is 6.32. The Morgan fingerprint density at radius 3 is 2.69 bits per heavy atom. The van der Waals surface area contributed by atoms with Crippen molar-refractivity contribution in [2.45, 2.75) is 6.92 Å². The van der Waals surface area contributed by atoms with Crippen LogP contribution in [0.1, 0.15) is 5.56 Å². The molecule has 0 saturated heterocycles. The van der Waals surface area contributed by atoms with E-state index in [2.05, 4.69) is 4.98 Å². The van der Waals surface area contributed by atoms with Gasteiger partial charge in [-0.15, -0.1) is 0 Å². The molecule has 3 heteroatoms. The van der Waals surface area contributed by atoms with Crippen LogP contribution in [-0.4, -0.2) is 4.98 Å². The van der Waals surface area contributed by atoms with Crippen LogP contribution in [0.2, 0.25) is 5.02 Å². The molecule has 0 unspecified atom stereocenters. The standard InChI is InChI=1S/C10H9ClN2/c1-6-8(11)4-2-7-3-5-9(12)13-10(6)7/h2-5H,1H3,(H2,12,13). The zero-order chi connectivity index (χ0) is 9.42. The fourth-order valence-corrected chi connectivity index (χ4v) is 1.47. The molecule has 0 atom stereocenters. The molecule has 2 nitrogen and oxygen atoms in total. The van der Waals surface area contributed by atoms with Crippen molar-refractivity contribution in [2.24, 2.45) is 0 Å². The minimum atomic E-state index is 0.526. The van der Waals surface area contributed by atoms with Crippen molar-refractivity contribution in [1.82, 2.24) is 4.98 Å². The van der Waals surface area contributed by atoms with E-state index in [-0.39, 0.29) is 0 Å². The Hall–Kier alpha value is -1.28. The quantitative estimate of drug-likeness (QED) is 0.697. The molecule has 2 rings (SSSR count). The van der Waals surface area contributed by atoms with Crippen LogP contribution in [0.4, 0.5) is 5.82 Å². The van der Waals surface area contributed by atoms with Crippen molar-refractivity contribution in [2.75, 3.05) is 5.73 Å². The summed E-state index contributed by atoms with van der Waals surface area (Å²) in [6, 6.07) is 7.55. The third-order valence-corrected chi connectivity index (χ3v) is 2.48. The molecule has 0 fully saturated rings. The molecule has 0 bridgehead atoms. The molecule has 2 N–H and O–H groups in total. The molecule has 0 saturated carbocycles.